The second-order valence-electron chi connectivity index (χ2n) is 8.67. The summed E-state index contributed by atoms with van der Waals surface area (Å²) in [7, 11) is 0. The lowest BCUT2D eigenvalue weighted by atomic mass is 9.83. The third-order valence-corrected chi connectivity index (χ3v) is 5.16. The number of halogens is 4. The Morgan fingerprint density at radius 1 is 1.22 bits per heavy atom. The van der Waals surface area contributed by atoms with Gasteiger partial charge in [-0.3, -0.25) is 0 Å². The lowest BCUT2D eigenvalue weighted by Crippen LogP contribution is -2.42. The smallest absolute Gasteiger partial charge is 0.384 e. The highest BCUT2D eigenvalue weighted by atomic mass is 19.4. The van der Waals surface area contributed by atoms with E-state index in [9.17, 15) is 22.7 Å². The minimum absolute atomic E-state index is 0.253. The predicted octanol–water partition coefficient (Wildman–Crippen LogP) is 5.03. The highest BCUT2D eigenvalue weighted by Crippen LogP contribution is 2.33. The molecule has 0 saturated heterocycles. The van der Waals surface area contributed by atoms with E-state index in [2.05, 4.69) is 31.8 Å². The summed E-state index contributed by atoms with van der Waals surface area (Å²) in [4.78, 5) is 15.8. The van der Waals surface area contributed by atoms with Gasteiger partial charge in [0, 0.05) is 41.4 Å². The number of aromatic nitrogens is 4. The number of alkyl halides is 3. The minimum Gasteiger partial charge on any atom is -0.384 e. The molecule has 0 saturated carbocycles. The van der Waals surface area contributed by atoms with Crippen molar-refractivity contribution < 1.29 is 22.7 Å². The number of hydrogen-bond donors (Lipinski definition) is 3. The summed E-state index contributed by atoms with van der Waals surface area (Å²) >= 11 is 0. The third kappa shape index (κ3) is 5.24. The molecule has 6 nitrogen and oxygen atoms in total. The molecule has 3 aromatic rings. The van der Waals surface area contributed by atoms with Crippen LogP contribution < -0.4 is 5.32 Å². The van der Waals surface area contributed by atoms with Gasteiger partial charge in [0.15, 0.2) is 11.9 Å². The van der Waals surface area contributed by atoms with Gasteiger partial charge in [0.05, 0.1) is 6.20 Å². The van der Waals surface area contributed by atoms with Crippen LogP contribution >= 0.6 is 0 Å². The lowest BCUT2D eigenvalue weighted by molar-refractivity contribution is -0.207. The number of H-pyrrole nitrogens is 1. The van der Waals surface area contributed by atoms with Gasteiger partial charge in [-0.25, -0.2) is 19.3 Å². The van der Waals surface area contributed by atoms with Gasteiger partial charge < -0.3 is 15.4 Å². The first-order valence-electron chi connectivity index (χ1n) is 10.0. The van der Waals surface area contributed by atoms with E-state index in [1.165, 1.54) is 6.07 Å². The molecule has 172 valence electrons. The molecule has 0 radical (unpaired) electrons. The second kappa shape index (κ2) is 8.85. The Bertz CT molecular complexity index is 1100. The van der Waals surface area contributed by atoms with Gasteiger partial charge in [-0.15, -0.1) is 6.58 Å². The molecule has 0 aliphatic heterocycles. The van der Waals surface area contributed by atoms with E-state index >= 15 is 0 Å². The van der Waals surface area contributed by atoms with Gasteiger partial charge in [0.1, 0.15) is 17.3 Å². The molecule has 3 heterocycles. The van der Waals surface area contributed by atoms with Gasteiger partial charge in [-0.2, -0.15) is 13.2 Å². The first-order valence-corrected chi connectivity index (χ1v) is 10.0. The number of rotatable bonds is 7. The molecule has 10 heteroatoms. The van der Waals surface area contributed by atoms with Crippen LogP contribution in [-0.4, -0.2) is 43.4 Å². The number of nitrogens with one attached hydrogen (secondary N) is 2. The number of pyridine rings is 1. The molecule has 0 spiro atoms. The lowest BCUT2D eigenvalue weighted by Gasteiger charge is -2.34. The Kier molecular flexibility index (Phi) is 6.54. The van der Waals surface area contributed by atoms with Crippen LogP contribution in [0, 0.1) is 11.2 Å². The first-order chi connectivity index (χ1) is 14.9. The third-order valence-electron chi connectivity index (χ3n) is 5.16. The van der Waals surface area contributed by atoms with Crippen LogP contribution in [0.3, 0.4) is 0 Å². The molecule has 0 bridgehead atoms. The predicted molar refractivity (Wildman–Crippen MR) is 115 cm³/mol. The number of nitrogens with zero attached hydrogens (tertiary/aromatic N) is 3. The molecule has 32 heavy (non-hydrogen) atoms. The Morgan fingerprint density at radius 3 is 2.56 bits per heavy atom. The Morgan fingerprint density at radius 2 is 1.94 bits per heavy atom. The number of allylic oxidation sites excluding steroid dienone is 1. The van der Waals surface area contributed by atoms with Crippen LogP contribution in [0.4, 0.5) is 23.4 Å². The summed E-state index contributed by atoms with van der Waals surface area (Å²) in [5, 5.41) is 13.2. The van der Waals surface area contributed by atoms with Crippen molar-refractivity contribution in [1.82, 2.24) is 19.9 Å². The number of hydrogen-bond acceptors (Lipinski definition) is 5. The van der Waals surface area contributed by atoms with E-state index in [-0.39, 0.29) is 5.82 Å². The van der Waals surface area contributed by atoms with Crippen molar-refractivity contribution >= 4 is 16.9 Å². The van der Waals surface area contributed by atoms with Gasteiger partial charge in [-0.05, 0) is 17.9 Å². The van der Waals surface area contributed by atoms with E-state index in [4.69, 9.17) is 0 Å². The molecule has 0 aliphatic rings. The van der Waals surface area contributed by atoms with Gasteiger partial charge in [0.25, 0.3) is 0 Å². The fourth-order valence-corrected chi connectivity index (χ4v) is 3.28. The largest absolute Gasteiger partial charge is 0.414 e. The fraction of sp³-hybridized carbons (Fsp3) is 0.409. The number of aromatic amines is 1. The zero-order valence-corrected chi connectivity index (χ0v) is 18.0. The van der Waals surface area contributed by atoms with Crippen molar-refractivity contribution in [2.45, 2.75) is 51.9 Å². The zero-order chi connectivity index (χ0) is 23.7. The zero-order valence-electron chi connectivity index (χ0n) is 18.0. The first kappa shape index (κ1) is 23.6. The van der Waals surface area contributed by atoms with Gasteiger partial charge in [0.2, 0.25) is 0 Å². The molecular formula is C22H25F4N5O. The minimum atomic E-state index is -4.73. The molecular weight excluding hydrogens is 426 g/mol. The van der Waals surface area contributed by atoms with Crippen molar-refractivity contribution in [2.24, 2.45) is 5.41 Å². The standard InChI is InChI=1S/C22H25F4N5O/c1-5-6-12-9-27-20(15-11-29-19-14(15)7-13(23)10-28-19)31-18(12)30-16(21(2,3)4)8-17(32)22(24,25)26/h5,7,9-11,16-17,32H,1,6,8H2,2-4H3,(H,28,29)(H,27,30,31). The second-order valence-corrected chi connectivity index (χ2v) is 8.67. The average Bonchev–Trinajstić information content (AvgIpc) is 3.10. The summed E-state index contributed by atoms with van der Waals surface area (Å²) in [6, 6.07) is 0.549. The fourth-order valence-electron chi connectivity index (χ4n) is 3.28. The van der Waals surface area contributed by atoms with Gasteiger partial charge in [-0.1, -0.05) is 26.8 Å². The van der Waals surface area contributed by atoms with E-state index in [1.807, 2.05) is 0 Å². The van der Waals surface area contributed by atoms with E-state index in [1.54, 1.807) is 39.2 Å². The molecule has 2 unspecified atom stereocenters. The van der Waals surface area contributed by atoms with Crippen LogP contribution in [0.25, 0.3) is 22.4 Å². The van der Waals surface area contributed by atoms with Crippen molar-refractivity contribution in [3.05, 3.63) is 48.7 Å². The molecule has 3 aromatic heterocycles. The molecule has 0 aliphatic carbocycles. The maximum Gasteiger partial charge on any atom is 0.414 e. The van der Waals surface area contributed by atoms with Crippen molar-refractivity contribution in [3.63, 3.8) is 0 Å². The van der Waals surface area contributed by atoms with E-state index < -0.39 is 36.0 Å². The van der Waals surface area contributed by atoms with E-state index in [0.29, 0.717) is 34.4 Å². The van der Waals surface area contributed by atoms with Crippen molar-refractivity contribution in [1.29, 1.82) is 0 Å². The SMILES string of the molecule is C=CCc1cnc(-c2c[nH]c3ncc(F)cc23)nc1NC(CC(O)C(F)(F)F)C(C)(C)C. The Balaban J connectivity index is 2.03. The topological polar surface area (TPSA) is 86.7 Å². The van der Waals surface area contributed by atoms with Crippen LogP contribution in [0.15, 0.2) is 37.3 Å². The summed E-state index contributed by atoms with van der Waals surface area (Å²) < 4.78 is 52.8. The van der Waals surface area contributed by atoms with Crippen LogP contribution in [0.5, 0.6) is 0 Å². The Hall–Kier alpha value is -3.01. The maximum atomic E-state index is 13.7. The van der Waals surface area contributed by atoms with Crippen LogP contribution in [-0.2, 0) is 6.42 Å². The number of aliphatic hydroxyl groups excluding tert-OH is 1. The number of aliphatic hydroxyl groups is 1. The highest BCUT2D eigenvalue weighted by molar-refractivity contribution is 5.91. The van der Waals surface area contributed by atoms with Crippen LogP contribution in [0.2, 0.25) is 0 Å². The summed E-state index contributed by atoms with van der Waals surface area (Å²) in [5.41, 5.74) is 0.957. The summed E-state index contributed by atoms with van der Waals surface area (Å²) in [6.07, 6.45) is -1.52. The average molecular weight is 451 g/mol. The summed E-state index contributed by atoms with van der Waals surface area (Å²) in [5.74, 6) is 0.0554. The van der Waals surface area contributed by atoms with Crippen LogP contribution in [0.1, 0.15) is 32.8 Å². The maximum absolute atomic E-state index is 13.7. The molecule has 2 atom stereocenters. The summed E-state index contributed by atoms with van der Waals surface area (Å²) in [6.45, 7) is 9.03. The number of fused-ring (bicyclic) bond motifs is 1. The molecule has 3 N–H and O–H groups in total. The molecule has 0 fully saturated rings. The molecule has 3 rings (SSSR count). The quantitative estimate of drug-likeness (QED) is 0.347. The number of anilines is 1. The van der Waals surface area contributed by atoms with Gasteiger partial charge >= 0.3 is 6.18 Å². The Labute approximate surface area is 182 Å². The normalized spacial score (nSPS) is 14.4. The molecule has 0 amide bonds. The monoisotopic (exact) mass is 451 g/mol. The van der Waals surface area contributed by atoms with E-state index in [0.717, 1.165) is 6.20 Å². The van der Waals surface area contributed by atoms with Crippen molar-refractivity contribution in [3.8, 4) is 11.4 Å². The molecule has 0 aromatic carbocycles. The van der Waals surface area contributed by atoms with Crippen molar-refractivity contribution in [2.75, 3.05) is 5.32 Å². The highest BCUT2D eigenvalue weighted by Gasteiger charge is 2.41.